The summed E-state index contributed by atoms with van der Waals surface area (Å²) >= 11 is 0. The molecule has 5 nitrogen and oxygen atoms in total. The average Bonchev–Trinajstić information content (AvgIpc) is 2.97. The quantitative estimate of drug-likeness (QED) is 0.876. The Morgan fingerprint density at radius 3 is 2.78 bits per heavy atom. The van der Waals surface area contributed by atoms with Crippen LogP contribution >= 0.6 is 0 Å². The van der Waals surface area contributed by atoms with E-state index in [2.05, 4.69) is 23.9 Å². The monoisotopic (exact) mass is 247 g/mol. The van der Waals surface area contributed by atoms with Gasteiger partial charge in [0.25, 0.3) is 0 Å². The third kappa shape index (κ3) is 2.61. The van der Waals surface area contributed by atoms with Gasteiger partial charge in [-0.25, -0.2) is 4.98 Å². The van der Waals surface area contributed by atoms with Crippen LogP contribution in [0.2, 0.25) is 0 Å². The predicted octanol–water partition coefficient (Wildman–Crippen LogP) is 1.83. The molecule has 18 heavy (non-hydrogen) atoms. The molecular weight excluding hydrogens is 226 g/mol. The Labute approximate surface area is 108 Å². The van der Waals surface area contributed by atoms with E-state index in [-0.39, 0.29) is 6.04 Å². The lowest BCUT2D eigenvalue weighted by Gasteiger charge is -2.11. The van der Waals surface area contributed by atoms with Crippen LogP contribution in [0.5, 0.6) is 0 Å². The Hall–Kier alpha value is -1.62. The summed E-state index contributed by atoms with van der Waals surface area (Å²) in [5.74, 6) is 0.896. The van der Waals surface area contributed by atoms with Crippen LogP contribution in [0.1, 0.15) is 43.9 Å². The molecule has 2 atom stereocenters. The number of nitrogens with zero attached hydrogens (tertiary/aromatic N) is 4. The van der Waals surface area contributed by atoms with E-state index in [1.165, 1.54) is 0 Å². The molecule has 0 saturated carbocycles. The average molecular weight is 247 g/mol. The van der Waals surface area contributed by atoms with E-state index in [0.717, 1.165) is 17.9 Å². The molecular formula is C13H21N5. The van der Waals surface area contributed by atoms with Gasteiger partial charge in [-0.3, -0.25) is 4.68 Å². The summed E-state index contributed by atoms with van der Waals surface area (Å²) in [6.07, 6.45) is 7.50. The summed E-state index contributed by atoms with van der Waals surface area (Å²) in [7, 11) is 1.96. The van der Waals surface area contributed by atoms with Gasteiger partial charge in [0.05, 0.1) is 11.7 Å². The second-order valence-corrected chi connectivity index (χ2v) is 4.75. The molecule has 98 valence electrons. The smallest absolute Gasteiger partial charge is 0.125 e. The minimum Gasteiger partial charge on any atom is -0.337 e. The first kappa shape index (κ1) is 12.8. The minimum atomic E-state index is -0.106. The van der Waals surface area contributed by atoms with Gasteiger partial charge in [-0.1, -0.05) is 6.92 Å². The van der Waals surface area contributed by atoms with Gasteiger partial charge in [-0.15, -0.1) is 0 Å². The number of hydrogen-bond donors (Lipinski definition) is 1. The van der Waals surface area contributed by atoms with Crippen LogP contribution in [0, 0.1) is 0 Å². The van der Waals surface area contributed by atoms with Crippen molar-refractivity contribution < 1.29 is 0 Å². The fourth-order valence-corrected chi connectivity index (χ4v) is 1.97. The summed E-state index contributed by atoms with van der Waals surface area (Å²) in [5, 5.41) is 4.56. The van der Waals surface area contributed by atoms with Gasteiger partial charge < -0.3 is 10.3 Å². The van der Waals surface area contributed by atoms with Crippen molar-refractivity contribution in [3.05, 3.63) is 36.2 Å². The van der Waals surface area contributed by atoms with Crippen molar-refractivity contribution in [3.63, 3.8) is 0 Å². The van der Waals surface area contributed by atoms with Gasteiger partial charge in [0, 0.05) is 38.1 Å². The topological polar surface area (TPSA) is 61.7 Å². The van der Waals surface area contributed by atoms with Crippen LogP contribution < -0.4 is 5.73 Å². The zero-order chi connectivity index (χ0) is 13.1. The Balaban J connectivity index is 2.06. The van der Waals surface area contributed by atoms with Gasteiger partial charge in [-0.2, -0.15) is 5.10 Å². The minimum absolute atomic E-state index is 0.106. The van der Waals surface area contributed by atoms with Gasteiger partial charge in [0.15, 0.2) is 0 Å². The number of hydrogen-bond acceptors (Lipinski definition) is 3. The van der Waals surface area contributed by atoms with Crippen molar-refractivity contribution >= 4 is 0 Å². The fraction of sp³-hybridized carbons (Fsp3) is 0.538. The molecule has 0 aliphatic heterocycles. The molecule has 0 aromatic carbocycles. The van der Waals surface area contributed by atoms with E-state index in [1.807, 2.05) is 34.8 Å². The van der Waals surface area contributed by atoms with Crippen molar-refractivity contribution in [2.45, 2.75) is 38.8 Å². The molecule has 0 aliphatic carbocycles. The largest absolute Gasteiger partial charge is 0.337 e. The first-order valence-corrected chi connectivity index (χ1v) is 6.38. The molecule has 2 N–H and O–H groups in total. The molecule has 0 bridgehead atoms. The number of aryl methyl sites for hydroxylation is 1. The van der Waals surface area contributed by atoms with Crippen molar-refractivity contribution in [2.75, 3.05) is 0 Å². The lowest BCUT2D eigenvalue weighted by molar-refractivity contribution is 0.471. The second kappa shape index (κ2) is 5.35. The summed E-state index contributed by atoms with van der Waals surface area (Å²) in [6, 6.07) is 2.36. The standard InChI is InChI=1S/C13H21N5/c1-4-10(2)18-7-5-11(16-18)9-12(14)13-15-6-8-17(13)3/h5-8,10,12H,4,9,14H2,1-3H3. The zero-order valence-electron chi connectivity index (χ0n) is 11.2. The van der Waals surface area contributed by atoms with Gasteiger partial charge in [-0.05, 0) is 19.4 Å². The summed E-state index contributed by atoms with van der Waals surface area (Å²) < 4.78 is 3.96. The maximum Gasteiger partial charge on any atom is 0.125 e. The first-order chi connectivity index (χ1) is 8.61. The lowest BCUT2D eigenvalue weighted by atomic mass is 10.1. The normalized spacial score (nSPS) is 14.7. The van der Waals surface area contributed by atoms with E-state index < -0.39 is 0 Å². The van der Waals surface area contributed by atoms with Crippen LogP contribution in [0.25, 0.3) is 0 Å². The summed E-state index contributed by atoms with van der Waals surface area (Å²) in [6.45, 7) is 4.32. The Morgan fingerprint density at radius 1 is 1.39 bits per heavy atom. The molecule has 0 amide bonds. The number of rotatable bonds is 5. The highest BCUT2D eigenvalue weighted by Gasteiger charge is 2.13. The summed E-state index contributed by atoms with van der Waals surface area (Å²) in [5.41, 5.74) is 7.18. The maximum absolute atomic E-state index is 6.16. The van der Waals surface area contributed by atoms with E-state index in [1.54, 1.807) is 6.20 Å². The zero-order valence-corrected chi connectivity index (χ0v) is 11.2. The SMILES string of the molecule is CCC(C)n1ccc(CC(N)c2nccn2C)n1. The summed E-state index contributed by atoms with van der Waals surface area (Å²) in [4.78, 5) is 4.27. The Kier molecular flexibility index (Phi) is 3.81. The fourth-order valence-electron chi connectivity index (χ4n) is 1.97. The third-order valence-electron chi connectivity index (χ3n) is 3.33. The van der Waals surface area contributed by atoms with Crippen molar-refractivity contribution in [2.24, 2.45) is 12.8 Å². The molecule has 0 fully saturated rings. The molecule has 2 unspecified atom stereocenters. The van der Waals surface area contributed by atoms with E-state index in [9.17, 15) is 0 Å². The van der Waals surface area contributed by atoms with Gasteiger partial charge >= 0.3 is 0 Å². The molecule has 0 spiro atoms. The van der Waals surface area contributed by atoms with Crippen molar-refractivity contribution in [1.82, 2.24) is 19.3 Å². The highest BCUT2D eigenvalue weighted by Crippen LogP contribution is 2.15. The van der Waals surface area contributed by atoms with Crippen LogP contribution in [-0.2, 0) is 13.5 Å². The van der Waals surface area contributed by atoms with Crippen LogP contribution in [0.15, 0.2) is 24.7 Å². The molecule has 2 heterocycles. The molecule has 0 aliphatic rings. The third-order valence-corrected chi connectivity index (χ3v) is 3.33. The molecule has 0 saturated heterocycles. The lowest BCUT2D eigenvalue weighted by Crippen LogP contribution is -2.18. The maximum atomic E-state index is 6.16. The molecule has 2 aromatic rings. The van der Waals surface area contributed by atoms with E-state index >= 15 is 0 Å². The number of aromatic nitrogens is 4. The highest BCUT2D eigenvalue weighted by atomic mass is 15.3. The Morgan fingerprint density at radius 2 is 2.17 bits per heavy atom. The second-order valence-electron chi connectivity index (χ2n) is 4.75. The Bertz CT molecular complexity index is 499. The van der Waals surface area contributed by atoms with Crippen molar-refractivity contribution in [3.8, 4) is 0 Å². The predicted molar refractivity (Wildman–Crippen MR) is 71.1 cm³/mol. The van der Waals surface area contributed by atoms with Crippen LogP contribution in [0.4, 0.5) is 0 Å². The highest BCUT2D eigenvalue weighted by molar-refractivity contribution is 5.07. The number of imidazole rings is 1. The molecule has 5 heteroatoms. The van der Waals surface area contributed by atoms with Crippen LogP contribution in [-0.4, -0.2) is 19.3 Å². The molecule has 2 aromatic heterocycles. The van der Waals surface area contributed by atoms with Gasteiger partial charge in [0.1, 0.15) is 5.82 Å². The van der Waals surface area contributed by atoms with Crippen molar-refractivity contribution in [1.29, 1.82) is 0 Å². The first-order valence-electron chi connectivity index (χ1n) is 6.38. The van der Waals surface area contributed by atoms with Gasteiger partial charge in [0.2, 0.25) is 0 Å². The van der Waals surface area contributed by atoms with E-state index in [0.29, 0.717) is 12.5 Å². The van der Waals surface area contributed by atoms with E-state index in [4.69, 9.17) is 5.73 Å². The molecule has 0 radical (unpaired) electrons. The van der Waals surface area contributed by atoms with Crippen LogP contribution in [0.3, 0.4) is 0 Å². The molecule has 2 rings (SSSR count). The number of nitrogens with two attached hydrogens (primary N) is 1.